The van der Waals surface area contributed by atoms with Crippen LogP contribution in [0.2, 0.25) is 0 Å². The molecule has 14 heteroatoms. The molecule has 14 nitrogen and oxygen atoms in total. The van der Waals surface area contributed by atoms with E-state index in [1.165, 1.54) is 39.0 Å². The smallest absolute Gasteiger partial charge is 0.348 e. The average Bonchev–Trinajstić information content (AvgIpc) is 3.07. The molecule has 2 aromatic rings. The summed E-state index contributed by atoms with van der Waals surface area (Å²) in [4.78, 5) is 79.3. The van der Waals surface area contributed by atoms with Crippen LogP contribution in [0.1, 0.15) is 70.8 Å². The first kappa shape index (κ1) is 39.5. The molecule has 0 radical (unpaired) electrons. The number of nitrogens with one attached hydrogen (secondary N) is 2. The van der Waals surface area contributed by atoms with E-state index in [0.29, 0.717) is 18.4 Å². The summed E-state index contributed by atoms with van der Waals surface area (Å²) in [5.74, 6) is -7.13. The number of amides is 2. The second-order valence-corrected chi connectivity index (χ2v) is 13.2. The minimum absolute atomic E-state index is 0.0305. The summed E-state index contributed by atoms with van der Waals surface area (Å²) >= 11 is 0. The Labute approximate surface area is 290 Å². The molecule has 3 rings (SSSR count). The van der Waals surface area contributed by atoms with Crippen LogP contribution in [-0.4, -0.2) is 83.0 Å². The molecule has 1 fully saturated rings. The molecule has 272 valence electrons. The Balaban J connectivity index is 2.12. The van der Waals surface area contributed by atoms with Crippen molar-refractivity contribution >= 4 is 41.9 Å². The molecule has 0 saturated carbocycles. The van der Waals surface area contributed by atoms with Crippen LogP contribution in [0.3, 0.4) is 0 Å². The molecule has 4 N–H and O–H groups in total. The molecule has 1 heterocycles. The summed E-state index contributed by atoms with van der Waals surface area (Å²) in [6, 6.07) is 10.9. The molecule has 0 spiro atoms. The first-order valence-electron chi connectivity index (χ1n) is 16.4. The fourth-order valence-electron chi connectivity index (χ4n) is 5.21. The van der Waals surface area contributed by atoms with Crippen LogP contribution < -0.4 is 10.6 Å². The number of aromatic hydroxyl groups is 1. The quantitative estimate of drug-likeness (QED) is 0.129. The Kier molecular flexibility index (Phi) is 13.5. The van der Waals surface area contributed by atoms with Crippen molar-refractivity contribution in [3.8, 4) is 5.75 Å². The molecule has 1 aliphatic rings. The second-order valence-electron chi connectivity index (χ2n) is 13.2. The van der Waals surface area contributed by atoms with Crippen molar-refractivity contribution in [2.75, 3.05) is 5.32 Å². The van der Waals surface area contributed by atoms with Gasteiger partial charge < -0.3 is 39.8 Å². The molecular weight excluding hydrogens is 652 g/mol. The first-order chi connectivity index (χ1) is 23.5. The van der Waals surface area contributed by atoms with Crippen molar-refractivity contribution in [2.24, 2.45) is 17.3 Å². The highest BCUT2D eigenvalue weighted by molar-refractivity contribution is 6.01. The Morgan fingerprint density at radius 3 is 2.14 bits per heavy atom. The molecule has 1 saturated heterocycles. The van der Waals surface area contributed by atoms with Gasteiger partial charge in [-0.1, -0.05) is 64.1 Å². The Bertz CT molecular complexity index is 1540. The van der Waals surface area contributed by atoms with Crippen LogP contribution in [0.15, 0.2) is 48.5 Å². The van der Waals surface area contributed by atoms with Gasteiger partial charge in [0.15, 0.2) is 11.8 Å². The van der Waals surface area contributed by atoms with E-state index in [1.54, 1.807) is 58.0 Å². The zero-order valence-corrected chi connectivity index (χ0v) is 29.2. The van der Waals surface area contributed by atoms with Crippen molar-refractivity contribution in [3.63, 3.8) is 0 Å². The van der Waals surface area contributed by atoms with Crippen LogP contribution in [0, 0.1) is 17.3 Å². The number of anilines is 1. The van der Waals surface area contributed by atoms with Gasteiger partial charge in [0.2, 0.25) is 18.6 Å². The standard InChI is InChI=1S/C36H46N2O12/c1-8-20(4)29-34(45)47-21(5)26(38-31(42)23-15-12-16-24(27(23)40)37-18-39)32(43)49-28(19(2)3)33(44)48-25(17-22-13-10-9-11-14-22)30(41)36(6,7)35(46)50-29/h9-16,18-21,25-26,28-30,40-41H,8,17H2,1-7H3,(H,37,39)(H,38,42)/t20-,21?,25-,26?,28-,29-,30+/m0/s1. The lowest BCUT2D eigenvalue weighted by atomic mass is 9.81. The van der Waals surface area contributed by atoms with Gasteiger partial charge in [0.1, 0.15) is 18.3 Å². The van der Waals surface area contributed by atoms with Gasteiger partial charge in [-0.15, -0.1) is 0 Å². The van der Waals surface area contributed by atoms with E-state index in [-0.39, 0.29) is 17.7 Å². The van der Waals surface area contributed by atoms with Crippen LogP contribution in [-0.2, 0) is 49.3 Å². The van der Waals surface area contributed by atoms with Gasteiger partial charge in [-0.05, 0) is 44.9 Å². The molecule has 50 heavy (non-hydrogen) atoms. The highest BCUT2D eigenvalue weighted by Gasteiger charge is 2.47. The Hall–Kier alpha value is -4.98. The normalized spacial score (nSPS) is 25.5. The monoisotopic (exact) mass is 698 g/mol. The number of aliphatic hydroxyl groups is 1. The zero-order valence-electron chi connectivity index (χ0n) is 29.2. The van der Waals surface area contributed by atoms with Crippen LogP contribution in [0.5, 0.6) is 5.75 Å². The van der Waals surface area contributed by atoms with Crippen molar-refractivity contribution in [3.05, 3.63) is 59.7 Å². The van der Waals surface area contributed by atoms with E-state index in [1.807, 2.05) is 0 Å². The second kappa shape index (κ2) is 17.1. The number of rotatable bonds is 9. The van der Waals surface area contributed by atoms with Crippen LogP contribution in [0.25, 0.3) is 0 Å². The highest BCUT2D eigenvalue weighted by atomic mass is 16.6. The van der Waals surface area contributed by atoms with Crippen molar-refractivity contribution < 1.29 is 57.9 Å². The maximum absolute atomic E-state index is 13.8. The number of esters is 4. The van der Waals surface area contributed by atoms with Gasteiger partial charge in [0.25, 0.3) is 5.91 Å². The minimum Gasteiger partial charge on any atom is -0.505 e. The van der Waals surface area contributed by atoms with E-state index in [9.17, 15) is 39.0 Å². The first-order valence-corrected chi connectivity index (χ1v) is 16.4. The van der Waals surface area contributed by atoms with Gasteiger partial charge in [-0.25, -0.2) is 14.4 Å². The van der Waals surface area contributed by atoms with Gasteiger partial charge in [0.05, 0.1) is 16.7 Å². The number of hydrogen-bond acceptors (Lipinski definition) is 12. The molecule has 0 bridgehead atoms. The van der Waals surface area contributed by atoms with E-state index in [0.717, 1.165) is 0 Å². The summed E-state index contributed by atoms with van der Waals surface area (Å²) in [5, 5.41) is 26.9. The fourth-order valence-corrected chi connectivity index (χ4v) is 5.21. The molecule has 7 atom stereocenters. The number of cyclic esters (lactones) is 4. The summed E-state index contributed by atoms with van der Waals surface area (Å²) < 4.78 is 22.7. The van der Waals surface area contributed by atoms with Gasteiger partial charge in [0, 0.05) is 18.3 Å². The van der Waals surface area contributed by atoms with Gasteiger partial charge in [-0.2, -0.15) is 0 Å². The summed E-state index contributed by atoms with van der Waals surface area (Å²) in [6.07, 6.45) is -6.89. The van der Waals surface area contributed by atoms with Crippen molar-refractivity contribution in [2.45, 2.75) is 97.9 Å². The Morgan fingerprint density at radius 2 is 1.54 bits per heavy atom. The maximum atomic E-state index is 13.8. The number of benzene rings is 2. The van der Waals surface area contributed by atoms with Crippen LogP contribution in [0.4, 0.5) is 5.69 Å². The highest BCUT2D eigenvalue weighted by Crippen LogP contribution is 2.32. The number of carbonyl (C=O) groups is 6. The predicted molar refractivity (Wildman–Crippen MR) is 178 cm³/mol. The number of ether oxygens (including phenoxy) is 4. The van der Waals surface area contributed by atoms with E-state index < -0.39 is 89.3 Å². The van der Waals surface area contributed by atoms with E-state index in [4.69, 9.17) is 18.9 Å². The number of phenolic OH excluding ortho intramolecular Hbond substituents is 1. The molecular formula is C36H46N2O12. The van der Waals surface area contributed by atoms with E-state index >= 15 is 0 Å². The molecule has 0 aromatic heterocycles. The minimum atomic E-state index is -1.76. The lowest BCUT2D eigenvalue weighted by Gasteiger charge is -2.35. The lowest BCUT2D eigenvalue weighted by molar-refractivity contribution is -0.190. The number of para-hydroxylation sites is 1. The largest absolute Gasteiger partial charge is 0.505 e. The molecule has 1 aliphatic heterocycles. The van der Waals surface area contributed by atoms with Crippen molar-refractivity contribution in [1.82, 2.24) is 5.32 Å². The fraction of sp³-hybridized carbons (Fsp3) is 0.500. The third kappa shape index (κ3) is 9.37. The van der Waals surface area contributed by atoms with Crippen molar-refractivity contribution in [1.29, 1.82) is 0 Å². The summed E-state index contributed by atoms with van der Waals surface area (Å²) in [6.45, 7) is 10.6. The average molecular weight is 699 g/mol. The third-order valence-corrected chi connectivity index (χ3v) is 8.68. The summed E-state index contributed by atoms with van der Waals surface area (Å²) in [7, 11) is 0. The molecule has 2 amide bonds. The maximum Gasteiger partial charge on any atom is 0.348 e. The predicted octanol–water partition coefficient (Wildman–Crippen LogP) is 3.07. The van der Waals surface area contributed by atoms with E-state index in [2.05, 4.69) is 10.6 Å². The van der Waals surface area contributed by atoms with Gasteiger partial charge >= 0.3 is 23.9 Å². The lowest BCUT2D eigenvalue weighted by Crippen LogP contribution is -2.52. The number of aliphatic hydroxyl groups excluding tert-OH is 1. The number of hydrogen-bond donors (Lipinski definition) is 4. The summed E-state index contributed by atoms with van der Waals surface area (Å²) in [5.41, 5.74) is -1.48. The SMILES string of the molecule is CC[C@H](C)[C@@H]1OC(=O)C(C)(C)[C@H](O)[C@H](Cc2ccccc2)OC(=O)[C@H](C(C)C)OC(=O)C(NC(=O)c2cccc(NC=O)c2O)C(C)OC1=O. The van der Waals surface area contributed by atoms with Gasteiger partial charge in [-0.3, -0.25) is 14.4 Å². The molecule has 2 aromatic carbocycles. The molecule has 0 aliphatic carbocycles. The van der Waals surface area contributed by atoms with Crippen LogP contribution >= 0.6 is 0 Å². The number of phenols is 1. The molecule has 2 unspecified atom stereocenters. The zero-order chi connectivity index (χ0) is 37.3. The topological polar surface area (TPSA) is 204 Å². The number of carbonyl (C=O) groups excluding carboxylic acids is 6. The Morgan fingerprint density at radius 1 is 0.900 bits per heavy atom. The third-order valence-electron chi connectivity index (χ3n) is 8.68.